The van der Waals surface area contributed by atoms with Gasteiger partial charge >= 0.3 is 12.1 Å². The summed E-state index contributed by atoms with van der Waals surface area (Å²) in [6.07, 6.45) is 1.28. The number of aliphatic hydroxyl groups is 2. The van der Waals surface area contributed by atoms with Crippen molar-refractivity contribution >= 4 is 29.1 Å². The number of hydrogen-bond donors (Lipinski definition) is 4. The van der Waals surface area contributed by atoms with Crippen LogP contribution in [0.15, 0.2) is 88.9 Å². The Morgan fingerprint density at radius 3 is 2.49 bits per heavy atom. The third-order valence-corrected chi connectivity index (χ3v) is 14.1. The molecular formula is C48H51F3N10O7S. The predicted molar refractivity (Wildman–Crippen MR) is 245 cm³/mol. The fourth-order valence-electron chi connectivity index (χ4n) is 9.13. The zero-order valence-electron chi connectivity index (χ0n) is 37.5. The standard InChI is InChI=1S/C48H51F3N10O7S/c49-48(50,51)45-55-40(57-68-45)31-12-8-13-32(26-31)41(63)52-29-47(46-53-35(28-69-46)30-10-4-3-5-11-30)19-23-59(24-20-47)22-18-33-27-60(58-56-33)21-6-1-2-7-25-67-37-15-9-14-34-39(37)44(66)61(43(34)65)36-16-17-38(62)54-42(36)64/h3-5,8-15,26-28,36,38,42,54,62,64H,1-2,6-7,16-25,29H2,(H,52,63). The molecule has 21 heteroatoms. The zero-order chi connectivity index (χ0) is 48.1. The van der Waals surface area contributed by atoms with Crippen molar-refractivity contribution in [2.24, 2.45) is 0 Å². The van der Waals surface area contributed by atoms with E-state index in [-0.39, 0.29) is 40.4 Å². The first-order chi connectivity index (χ1) is 33.3. The Morgan fingerprint density at radius 2 is 1.71 bits per heavy atom. The number of ether oxygens (including phenoxy) is 1. The van der Waals surface area contributed by atoms with E-state index in [0.29, 0.717) is 38.3 Å². The highest BCUT2D eigenvalue weighted by Gasteiger charge is 2.46. The number of aromatic nitrogens is 6. The molecule has 2 saturated heterocycles. The van der Waals surface area contributed by atoms with Crippen molar-refractivity contribution in [2.45, 2.75) is 94.4 Å². The number of piperidine rings is 2. The fourth-order valence-corrected chi connectivity index (χ4v) is 10.2. The number of thiazole rings is 1. The minimum Gasteiger partial charge on any atom is -0.493 e. The molecule has 3 aromatic heterocycles. The van der Waals surface area contributed by atoms with Gasteiger partial charge in [0, 0.05) is 59.7 Å². The van der Waals surface area contributed by atoms with Crippen molar-refractivity contribution in [3.05, 3.63) is 118 Å². The number of likely N-dealkylation sites (tertiary alicyclic amines) is 1. The minimum atomic E-state index is -4.79. The molecule has 17 nitrogen and oxygen atoms in total. The number of rotatable bonds is 18. The van der Waals surface area contributed by atoms with Crippen LogP contribution in [0, 0.1) is 0 Å². The molecule has 0 spiro atoms. The predicted octanol–water partition coefficient (Wildman–Crippen LogP) is 6.10. The zero-order valence-corrected chi connectivity index (χ0v) is 38.3. The van der Waals surface area contributed by atoms with Gasteiger partial charge in [-0.2, -0.15) is 18.2 Å². The summed E-state index contributed by atoms with van der Waals surface area (Å²) in [5.41, 5.74) is 3.22. The van der Waals surface area contributed by atoms with Gasteiger partial charge in [0.2, 0.25) is 5.82 Å². The molecule has 69 heavy (non-hydrogen) atoms. The third kappa shape index (κ3) is 10.8. The van der Waals surface area contributed by atoms with Crippen LogP contribution in [0.2, 0.25) is 0 Å². The van der Waals surface area contributed by atoms with Crippen LogP contribution in [0.25, 0.3) is 22.6 Å². The molecule has 0 saturated carbocycles. The maximum absolute atomic E-state index is 13.6. The SMILES string of the molecule is O=C(NCC1(c2nc(-c3ccccc3)cs2)CCN(CCc2cn(CCCCCCOc3cccc4c3C(=O)N(C3CCC(O)NC3O)C4=O)nn2)CC1)c1cccc(-c2noc(C(F)(F)F)n2)c1. The van der Waals surface area contributed by atoms with Crippen LogP contribution in [0.5, 0.6) is 5.75 Å². The van der Waals surface area contributed by atoms with Crippen molar-refractivity contribution in [3.8, 4) is 28.4 Å². The second-order valence-electron chi connectivity index (χ2n) is 17.6. The van der Waals surface area contributed by atoms with Gasteiger partial charge in [0.1, 0.15) is 23.2 Å². The Balaban J connectivity index is 0.736. The van der Waals surface area contributed by atoms with Crippen molar-refractivity contribution in [3.63, 3.8) is 0 Å². The van der Waals surface area contributed by atoms with E-state index in [4.69, 9.17) is 9.72 Å². The molecule has 9 rings (SSSR count). The molecular weight excluding hydrogens is 918 g/mol. The number of carbonyl (C=O) groups is 3. The Kier molecular flexibility index (Phi) is 14.3. The molecule has 3 aromatic carbocycles. The normalized spacial score (nSPS) is 19.5. The van der Waals surface area contributed by atoms with Crippen LogP contribution < -0.4 is 15.4 Å². The Morgan fingerprint density at radius 1 is 0.928 bits per heavy atom. The summed E-state index contributed by atoms with van der Waals surface area (Å²) in [4.78, 5) is 52.2. The number of hydrogen-bond acceptors (Lipinski definition) is 15. The lowest BCUT2D eigenvalue weighted by Crippen LogP contribution is -2.58. The molecule has 3 amide bonds. The Bertz CT molecular complexity index is 2760. The average molecular weight is 969 g/mol. The fraction of sp³-hybridized carbons (Fsp3) is 0.417. The molecule has 362 valence electrons. The smallest absolute Gasteiger partial charge is 0.471 e. The Hall–Kier alpha value is -6.39. The summed E-state index contributed by atoms with van der Waals surface area (Å²) in [6.45, 7) is 3.69. The second-order valence-corrected chi connectivity index (χ2v) is 18.5. The van der Waals surface area contributed by atoms with Gasteiger partial charge < -0.3 is 29.7 Å². The summed E-state index contributed by atoms with van der Waals surface area (Å²) in [5.74, 6) is -2.76. The number of fused-ring (bicyclic) bond motifs is 1. The number of imide groups is 1. The van der Waals surface area contributed by atoms with E-state index in [9.17, 15) is 37.8 Å². The van der Waals surface area contributed by atoms with Gasteiger partial charge in [-0.25, -0.2) is 4.98 Å². The van der Waals surface area contributed by atoms with Crippen molar-refractivity contribution < 1.29 is 47.0 Å². The van der Waals surface area contributed by atoms with E-state index in [1.54, 1.807) is 41.7 Å². The molecule has 0 radical (unpaired) electrons. The summed E-state index contributed by atoms with van der Waals surface area (Å²) in [6, 6.07) is 20.2. The van der Waals surface area contributed by atoms with E-state index < -0.39 is 47.8 Å². The minimum absolute atomic E-state index is 0.203. The molecule has 6 heterocycles. The summed E-state index contributed by atoms with van der Waals surface area (Å²) < 4.78 is 51.6. The van der Waals surface area contributed by atoms with Gasteiger partial charge in [-0.15, -0.1) is 16.4 Å². The first-order valence-corrected chi connectivity index (χ1v) is 23.9. The first-order valence-electron chi connectivity index (χ1n) is 23.0. The molecule has 3 aliphatic rings. The van der Waals surface area contributed by atoms with Gasteiger partial charge in [0.15, 0.2) is 0 Å². The topological polar surface area (TPSA) is 214 Å². The average Bonchev–Trinajstić information content (AvgIpc) is 4.19. The highest BCUT2D eigenvalue weighted by atomic mass is 32.1. The van der Waals surface area contributed by atoms with Crippen molar-refractivity contribution in [2.75, 3.05) is 32.8 Å². The summed E-state index contributed by atoms with van der Waals surface area (Å²) >= 11 is 1.57. The summed E-state index contributed by atoms with van der Waals surface area (Å²) in [7, 11) is 0. The molecule has 3 aliphatic heterocycles. The molecule has 0 bridgehead atoms. The summed E-state index contributed by atoms with van der Waals surface area (Å²) in [5, 5.41) is 41.2. The lowest BCUT2D eigenvalue weighted by molar-refractivity contribution is -0.159. The number of nitrogens with zero attached hydrogens (tertiary/aromatic N) is 8. The van der Waals surface area contributed by atoms with Gasteiger partial charge in [0.05, 0.1) is 35.2 Å². The maximum atomic E-state index is 13.6. The number of carbonyl (C=O) groups excluding carboxylic acids is 3. The number of halogens is 3. The lowest BCUT2D eigenvalue weighted by Gasteiger charge is -2.40. The molecule has 2 fully saturated rings. The second kappa shape index (κ2) is 20.7. The van der Waals surface area contributed by atoms with Gasteiger partial charge in [0.25, 0.3) is 17.7 Å². The van der Waals surface area contributed by atoms with Crippen molar-refractivity contribution in [1.82, 2.24) is 50.6 Å². The van der Waals surface area contributed by atoms with Gasteiger partial charge in [-0.1, -0.05) is 65.3 Å². The molecule has 0 aliphatic carbocycles. The molecule has 3 atom stereocenters. The molecule has 6 aromatic rings. The maximum Gasteiger partial charge on any atom is 0.471 e. The third-order valence-electron chi connectivity index (χ3n) is 13.0. The number of nitrogens with one attached hydrogen (secondary N) is 2. The van der Waals surface area contributed by atoms with Crippen LogP contribution in [-0.4, -0.2) is 119 Å². The van der Waals surface area contributed by atoms with E-state index in [2.05, 4.69) is 40.5 Å². The number of unbranched alkanes of at least 4 members (excludes halogenated alkanes) is 3. The van der Waals surface area contributed by atoms with Gasteiger partial charge in [-0.3, -0.25) is 29.3 Å². The number of benzene rings is 3. The van der Waals surface area contributed by atoms with Crippen LogP contribution in [0.4, 0.5) is 13.2 Å². The largest absolute Gasteiger partial charge is 0.493 e. The van der Waals surface area contributed by atoms with Crippen LogP contribution in [-0.2, 0) is 24.6 Å². The Labute approximate surface area is 398 Å². The van der Waals surface area contributed by atoms with Crippen LogP contribution >= 0.6 is 11.3 Å². The number of aryl methyl sites for hydroxylation is 1. The monoisotopic (exact) mass is 968 g/mol. The number of alkyl halides is 3. The van der Waals surface area contributed by atoms with E-state index in [1.807, 2.05) is 46.6 Å². The molecule has 4 N–H and O–H groups in total. The van der Waals surface area contributed by atoms with Gasteiger partial charge in [-0.05, 0) is 82.3 Å². The van der Waals surface area contributed by atoms with E-state index in [0.717, 1.165) is 85.0 Å². The van der Waals surface area contributed by atoms with E-state index in [1.165, 1.54) is 12.1 Å². The van der Waals surface area contributed by atoms with E-state index >= 15 is 0 Å². The van der Waals surface area contributed by atoms with Crippen LogP contribution in [0.1, 0.15) is 99.0 Å². The lowest BCUT2D eigenvalue weighted by atomic mass is 9.78. The number of aliphatic hydroxyl groups excluding tert-OH is 2. The highest BCUT2D eigenvalue weighted by Crippen LogP contribution is 2.39. The highest BCUT2D eigenvalue weighted by molar-refractivity contribution is 7.10. The van der Waals surface area contributed by atoms with Crippen molar-refractivity contribution in [1.29, 1.82) is 0 Å². The quantitative estimate of drug-likeness (QED) is 0.0566. The first kappa shape index (κ1) is 47.7. The van der Waals surface area contributed by atoms with Crippen LogP contribution in [0.3, 0.4) is 0 Å². The molecule has 3 unspecified atom stereocenters. The number of amides is 3.